The highest BCUT2D eigenvalue weighted by atomic mass is 19.4. The Hall–Kier alpha value is -3.17. The smallest absolute Gasteiger partial charge is 0.421 e. The van der Waals surface area contributed by atoms with Crippen molar-refractivity contribution >= 4 is 18.0 Å². The Bertz CT molecular complexity index is 1280. The third-order valence-electron chi connectivity index (χ3n) is 8.58. The van der Waals surface area contributed by atoms with Crippen molar-refractivity contribution in [2.75, 3.05) is 13.1 Å². The van der Waals surface area contributed by atoms with Crippen LogP contribution in [0.4, 0.5) is 13.2 Å². The Morgan fingerprint density at radius 1 is 1.10 bits per heavy atom. The predicted molar refractivity (Wildman–Crippen MR) is 144 cm³/mol. The van der Waals surface area contributed by atoms with Crippen LogP contribution < -0.4 is 10.1 Å². The summed E-state index contributed by atoms with van der Waals surface area (Å²) in [6.45, 7) is 2.14. The second-order valence-electron chi connectivity index (χ2n) is 11.5. The molecule has 2 aliphatic carbocycles. The van der Waals surface area contributed by atoms with Crippen LogP contribution in [0.2, 0.25) is 0 Å². The number of nitrogens with one attached hydrogen (secondary N) is 1. The zero-order valence-electron chi connectivity index (χ0n) is 22.5. The second-order valence-corrected chi connectivity index (χ2v) is 11.5. The molecule has 0 radical (unpaired) electrons. The van der Waals surface area contributed by atoms with Gasteiger partial charge in [-0.05, 0) is 67.4 Å². The number of piperidine rings is 1. The van der Waals surface area contributed by atoms with Crippen molar-refractivity contribution in [2.24, 2.45) is 5.92 Å². The SMILES string of the molecule is CC(=O)Oc1cccc([C@@]23CCCCC2(O)CN(CC2CC2)[C@H](NC(=O)C(=Cc2ccccc2)C(F)(F)F)C3)c1. The van der Waals surface area contributed by atoms with Crippen LogP contribution in [-0.2, 0) is 15.0 Å². The van der Waals surface area contributed by atoms with Crippen LogP contribution in [0.15, 0.2) is 60.2 Å². The van der Waals surface area contributed by atoms with Crippen molar-refractivity contribution in [1.82, 2.24) is 10.2 Å². The summed E-state index contributed by atoms with van der Waals surface area (Å²) in [4.78, 5) is 26.9. The molecule has 3 fully saturated rings. The molecule has 9 heteroatoms. The molecule has 2 saturated carbocycles. The molecule has 5 rings (SSSR count). The first-order chi connectivity index (χ1) is 19.0. The summed E-state index contributed by atoms with van der Waals surface area (Å²) in [5.74, 6) is -0.915. The molecule has 40 heavy (non-hydrogen) atoms. The van der Waals surface area contributed by atoms with Gasteiger partial charge in [-0.3, -0.25) is 14.5 Å². The van der Waals surface area contributed by atoms with Crippen LogP contribution in [0, 0.1) is 5.92 Å². The van der Waals surface area contributed by atoms with Crippen molar-refractivity contribution in [3.05, 3.63) is 71.3 Å². The standard InChI is InChI=1S/C31H35F3N2O4/c1-21(37)40-25-11-7-10-24(17-25)29-14-5-6-15-30(29,39)20-36(19-23-12-13-23)27(18-29)35-28(38)26(31(32,33)34)16-22-8-3-2-4-9-22/h2-4,7-11,16-17,23,27,39H,5-6,12-15,18-20H2,1H3,(H,35,38)/t27-,29-,30?/m0/s1. The maximum absolute atomic E-state index is 14.1. The van der Waals surface area contributed by atoms with E-state index in [-0.39, 0.29) is 18.5 Å². The lowest BCUT2D eigenvalue weighted by Crippen LogP contribution is -2.70. The minimum absolute atomic E-state index is 0.232. The minimum atomic E-state index is -4.85. The van der Waals surface area contributed by atoms with Gasteiger partial charge < -0.3 is 15.2 Å². The first-order valence-electron chi connectivity index (χ1n) is 13.9. The van der Waals surface area contributed by atoms with E-state index < -0.39 is 40.8 Å². The van der Waals surface area contributed by atoms with Gasteiger partial charge in [-0.15, -0.1) is 0 Å². The molecule has 1 saturated heterocycles. The topological polar surface area (TPSA) is 78.9 Å². The number of halogens is 3. The molecule has 0 aromatic heterocycles. The van der Waals surface area contributed by atoms with Gasteiger partial charge in [-0.1, -0.05) is 55.3 Å². The number of likely N-dealkylation sites (tertiary alicyclic amines) is 1. The summed E-state index contributed by atoms with van der Waals surface area (Å²) in [6.07, 6.45) is 0.374. The molecule has 0 bridgehead atoms. The van der Waals surface area contributed by atoms with Gasteiger partial charge in [0.15, 0.2) is 0 Å². The fourth-order valence-corrected chi connectivity index (χ4v) is 6.49. The van der Waals surface area contributed by atoms with Crippen LogP contribution in [0.3, 0.4) is 0 Å². The summed E-state index contributed by atoms with van der Waals surface area (Å²) in [6, 6.07) is 15.0. The molecule has 6 nitrogen and oxygen atoms in total. The van der Waals surface area contributed by atoms with Crippen LogP contribution >= 0.6 is 0 Å². The Morgan fingerprint density at radius 3 is 2.50 bits per heavy atom. The monoisotopic (exact) mass is 556 g/mol. The van der Waals surface area contributed by atoms with Gasteiger partial charge in [0.05, 0.1) is 11.8 Å². The Kier molecular flexibility index (Phi) is 7.81. The number of hydrogen-bond acceptors (Lipinski definition) is 5. The number of esters is 1. The number of hydrogen-bond donors (Lipinski definition) is 2. The number of β-amino-alcohol motifs (C(OH)–C–C–N with tert-alkyl or cyclic N) is 1. The third kappa shape index (κ3) is 5.95. The van der Waals surface area contributed by atoms with Gasteiger partial charge in [0.2, 0.25) is 0 Å². The first kappa shape index (κ1) is 28.4. The summed E-state index contributed by atoms with van der Waals surface area (Å²) in [5, 5.41) is 14.9. The first-order valence-corrected chi connectivity index (χ1v) is 13.9. The van der Waals surface area contributed by atoms with Crippen molar-refractivity contribution < 1.29 is 32.6 Å². The molecule has 2 aromatic carbocycles. The highest BCUT2D eigenvalue weighted by Gasteiger charge is 2.59. The molecule has 1 amide bonds. The molecular formula is C31H35F3N2O4. The van der Waals surface area contributed by atoms with Crippen LogP contribution in [0.25, 0.3) is 6.08 Å². The van der Waals surface area contributed by atoms with E-state index in [1.165, 1.54) is 19.1 Å². The quantitative estimate of drug-likeness (QED) is 0.273. The van der Waals surface area contributed by atoms with Crippen LogP contribution in [0.1, 0.15) is 63.0 Å². The van der Waals surface area contributed by atoms with Gasteiger partial charge in [0.1, 0.15) is 11.3 Å². The number of nitrogens with zero attached hydrogens (tertiary/aromatic N) is 1. The number of aliphatic hydroxyl groups is 1. The van der Waals surface area contributed by atoms with Crippen molar-refractivity contribution in [3.8, 4) is 5.75 Å². The van der Waals surface area contributed by atoms with E-state index in [9.17, 15) is 27.9 Å². The fourth-order valence-electron chi connectivity index (χ4n) is 6.49. The maximum atomic E-state index is 14.1. The molecule has 214 valence electrons. The van der Waals surface area contributed by atoms with Crippen molar-refractivity contribution in [1.29, 1.82) is 0 Å². The number of carbonyl (C=O) groups is 2. The van der Waals surface area contributed by atoms with E-state index in [2.05, 4.69) is 5.32 Å². The lowest BCUT2D eigenvalue weighted by atomic mass is 9.55. The lowest BCUT2D eigenvalue weighted by Gasteiger charge is -2.59. The van der Waals surface area contributed by atoms with Gasteiger partial charge in [-0.25, -0.2) is 0 Å². The van der Waals surface area contributed by atoms with Crippen LogP contribution in [0.5, 0.6) is 5.75 Å². The number of fused-ring (bicyclic) bond motifs is 1. The molecule has 0 spiro atoms. The number of benzene rings is 2. The van der Waals surface area contributed by atoms with Crippen molar-refractivity contribution in [2.45, 2.75) is 75.2 Å². The molecule has 1 heterocycles. The number of alkyl halides is 3. The molecule has 3 atom stereocenters. The predicted octanol–water partition coefficient (Wildman–Crippen LogP) is 5.36. The third-order valence-corrected chi connectivity index (χ3v) is 8.58. The summed E-state index contributed by atoms with van der Waals surface area (Å²) < 4.78 is 47.7. The summed E-state index contributed by atoms with van der Waals surface area (Å²) in [5.41, 5.74) is -2.21. The maximum Gasteiger partial charge on any atom is 0.421 e. The molecular weight excluding hydrogens is 521 g/mol. The highest BCUT2D eigenvalue weighted by molar-refractivity contribution is 5.99. The normalized spacial score (nSPS) is 27.5. The second kappa shape index (κ2) is 11.0. The molecule has 2 aromatic rings. The van der Waals surface area contributed by atoms with Gasteiger partial charge >= 0.3 is 12.1 Å². The van der Waals surface area contributed by atoms with Gasteiger partial charge in [-0.2, -0.15) is 13.2 Å². The van der Waals surface area contributed by atoms with E-state index in [4.69, 9.17) is 4.74 Å². The fraction of sp³-hybridized carbons (Fsp3) is 0.484. The molecule has 3 aliphatic rings. The van der Waals surface area contributed by atoms with Crippen LogP contribution in [-0.4, -0.2) is 52.9 Å². The average molecular weight is 557 g/mol. The summed E-state index contributed by atoms with van der Waals surface area (Å²) >= 11 is 0. The van der Waals surface area contributed by atoms with E-state index in [0.717, 1.165) is 37.3 Å². The Balaban J connectivity index is 1.51. The number of carbonyl (C=O) groups excluding carboxylic acids is 2. The average Bonchev–Trinajstić information content (AvgIpc) is 3.71. The van der Waals surface area contributed by atoms with Gasteiger partial charge in [0, 0.05) is 25.4 Å². The van der Waals surface area contributed by atoms with Gasteiger partial charge in [0.25, 0.3) is 5.91 Å². The van der Waals surface area contributed by atoms with E-state index in [0.29, 0.717) is 31.1 Å². The van der Waals surface area contributed by atoms with E-state index in [1.807, 2.05) is 11.0 Å². The van der Waals surface area contributed by atoms with E-state index >= 15 is 0 Å². The zero-order chi connectivity index (χ0) is 28.5. The summed E-state index contributed by atoms with van der Waals surface area (Å²) in [7, 11) is 0. The lowest BCUT2D eigenvalue weighted by molar-refractivity contribution is -0.151. The Labute approximate surface area is 232 Å². The molecule has 1 unspecified atom stereocenters. The largest absolute Gasteiger partial charge is 0.427 e. The number of rotatable bonds is 7. The Morgan fingerprint density at radius 2 is 1.82 bits per heavy atom. The minimum Gasteiger partial charge on any atom is -0.427 e. The van der Waals surface area contributed by atoms with Crippen molar-refractivity contribution in [3.63, 3.8) is 0 Å². The molecule has 2 N–H and O–H groups in total. The number of ether oxygens (including phenoxy) is 1. The molecule has 1 aliphatic heterocycles. The zero-order valence-corrected chi connectivity index (χ0v) is 22.5. The van der Waals surface area contributed by atoms with E-state index in [1.54, 1.807) is 36.4 Å². The number of amides is 1. The highest BCUT2D eigenvalue weighted by Crippen LogP contribution is 2.53.